The fourth-order valence-electron chi connectivity index (χ4n) is 1.58. The summed E-state index contributed by atoms with van der Waals surface area (Å²) in [5, 5.41) is 5.68. The van der Waals surface area contributed by atoms with Crippen molar-refractivity contribution in [1.82, 2.24) is 4.98 Å². The van der Waals surface area contributed by atoms with Crippen molar-refractivity contribution in [2.24, 2.45) is 0 Å². The lowest BCUT2D eigenvalue weighted by molar-refractivity contribution is -0.114. The Morgan fingerprint density at radius 3 is 2.60 bits per heavy atom. The lowest BCUT2D eigenvalue weighted by Gasteiger charge is -2.09. The van der Waals surface area contributed by atoms with Gasteiger partial charge in [0.1, 0.15) is 5.69 Å². The molecule has 5 nitrogen and oxygen atoms in total. The van der Waals surface area contributed by atoms with Crippen molar-refractivity contribution < 1.29 is 9.59 Å². The van der Waals surface area contributed by atoms with E-state index in [1.54, 1.807) is 42.6 Å². The maximum atomic E-state index is 11.9. The van der Waals surface area contributed by atoms with Gasteiger partial charge in [0.2, 0.25) is 5.91 Å². The minimum atomic E-state index is -0.332. The predicted octanol–water partition coefficient (Wildman–Crippen LogP) is 2.95. The molecule has 2 rings (SSSR count). The molecule has 0 radical (unpaired) electrons. The van der Waals surface area contributed by atoms with E-state index in [4.69, 9.17) is 11.6 Å². The van der Waals surface area contributed by atoms with E-state index in [9.17, 15) is 9.59 Å². The van der Waals surface area contributed by atoms with Crippen LogP contribution in [0, 0.1) is 0 Å². The molecule has 0 aliphatic carbocycles. The summed E-state index contributed by atoms with van der Waals surface area (Å²) >= 11 is 5.95. The van der Waals surface area contributed by atoms with Gasteiger partial charge in [-0.05, 0) is 30.3 Å². The van der Waals surface area contributed by atoms with Gasteiger partial charge in [0.05, 0.1) is 10.7 Å². The highest BCUT2D eigenvalue weighted by Gasteiger charge is 2.09. The lowest BCUT2D eigenvalue weighted by Crippen LogP contribution is -2.14. The Morgan fingerprint density at radius 2 is 1.95 bits per heavy atom. The van der Waals surface area contributed by atoms with E-state index in [0.29, 0.717) is 22.1 Å². The highest BCUT2D eigenvalue weighted by Crippen LogP contribution is 2.25. The number of carbonyl (C=O) groups is 2. The van der Waals surface area contributed by atoms with Crippen LogP contribution in [0.2, 0.25) is 5.02 Å². The molecule has 1 aromatic carbocycles. The van der Waals surface area contributed by atoms with E-state index < -0.39 is 0 Å². The van der Waals surface area contributed by atoms with Crippen molar-refractivity contribution in [2.75, 3.05) is 10.6 Å². The Morgan fingerprint density at radius 1 is 1.15 bits per heavy atom. The van der Waals surface area contributed by atoms with Gasteiger partial charge in [-0.3, -0.25) is 14.6 Å². The Hall–Kier alpha value is -2.40. The number of nitrogens with one attached hydrogen (secondary N) is 2. The molecule has 2 amide bonds. The fraction of sp³-hybridized carbons (Fsp3) is 0.0714. The summed E-state index contributed by atoms with van der Waals surface area (Å²) in [5.74, 6) is -0.568. The van der Waals surface area contributed by atoms with E-state index in [2.05, 4.69) is 15.6 Å². The number of hydrogen-bond acceptors (Lipinski definition) is 3. The first-order valence-corrected chi connectivity index (χ1v) is 6.23. The highest BCUT2D eigenvalue weighted by atomic mass is 35.5. The standard InChI is InChI=1S/C14H12ClN3O2/c1-9(19)17-13-8-10(5-6-11(13)15)18-14(20)12-4-2-3-7-16-12/h2-8H,1H3,(H,17,19)(H,18,20). The quantitative estimate of drug-likeness (QED) is 0.912. The van der Waals surface area contributed by atoms with Crippen molar-refractivity contribution in [1.29, 1.82) is 0 Å². The summed E-state index contributed by atoms with van der Waals surface area (Å²) < 4.78 is 0. The predicted molar refractivity (Wildman–Crippen MR) is 77.9 cm³/mol. The Bertz CT molecular complexity index is 644. The molecule has 20 heavy (non-hydrogen) atoms. The van der Waals surface area contributed by atoms with Crippen LogP contribution >= 0.6 is 11.6 Å². The monoisotopic (exact) mass is 289 g/mol. The summed E-state index contributed by atoms with van der Waals surface area (Å²) in [6, 6.07) is 9.90. The first-order chi connectivity index (χ1) is 9.56. The van der Waals surface area contributed by atoms with Crippen molar-refractivity contribution in [3.63, 3.8) is 0 Å². The van der Waals surface area contributed by atoms with Gasteiger partial charge in [-0.1, -0.05) is 17.7 Å². The molecule has 0 fully saturated rings. The van der Waals surface area contributed by atoms with Gasteiger partial charge in [-0.2, -0.15) is 0 Å². The van der Waals surface area contributed by atoms with E-state index in [1.165, 1.54) is 6.92 Å². The molecule has 0 bridgehead atoms. The number of aromatic nitrogens is 1. The van der Waals surface area contributed by atoms with Crippen LogP contribution in [-0.2, 0) is 4.79 Å². The zero-order chi connectivity index (χ0) is 14.5. The molecule has 1 heterocycles. The van der Waals surface area contributed by atoms with Crippen molar-refractivity contribution in [2.45, 2.75) is 6.92 Å². The minimum Gasteiger partial charge on any atom is -0.325 e. The molecular weight excluding hydrogens is 278 g/mol. The van der Waals surface area contributed by atoms with Crippen molar-refractivity contribution in [3.05, 3.63) is 53.3 Å². The van der Waals surface area contributed by atoms with Crippen molar-refractivity contribution in [3.8, 4) is 0 Å². The second-order valence-electron chi connectivity index (χ2n) is 4.04. The highest BCUT2D eigenvalue weighted by molar-refractivity contribution is 6.33. The first kappa shape index (κ1) is 14.0. The molecule has 0 spiro atoms. The number of benzene rings is 1. The summed E-state index contributed by atoms with van der Waals surface area (Å²) in [6.07, 6.45) is 1.54. The van der Waals surface area contributed by atoms with Crippen molar-refractivity contribution >= 4 is 34.8 Å². The molecular formula is C14H12ClN3O2. The maximum Gasteiger partial charge on any atom is 0.274 e. The molecule has 0 saturated heterocycles. The van der Waals surface area contributed by atoms with Crippen LogP contribution in [0.1, 0.15) is 17.4 Å². The van der Waals surface area contributed by atoms with Crippen LogP contribution in [0.3, 0.4) is 0 Å². The number of pyridine rings is 1. The molecule has 0 unspecified atom stereocenters. The third kappa shape index (κ3) is 3.55. The Balaban J connectivity index is 2.18. The first-order valence-electron chi connectivity index (χ1n) is 5.86. The number of rotatable bonds is 3. The summed E-state index contributed by atoms with van der Waals surface area (Å²) in [5.41, 5.74) is 1.27. The van der Waals surface area contributed by atoms with Gasteiger partial charge in [-0.15, -0.1) is 0 Å². The third-order valence-corrected chi connectivity index (χ3v) is 2.76. The van der Waals surface area contributed by atoms with Crippen LogP contribution in [0.15, 0.2) is 42.6 Å². The molecule has 0 aliphatic heterocycles. The third-order valence-electron chi connectivity index (χ3n) is 2.43. The molecule has 102 valence electrons. The fourth-order valence-corrected chi connectivity index (χ4v) is 1.75. The SMILES string of the molecule is CC(=O)Nc1cc(NC(=O)c2ccccn2)ccc1Cl. The molecule has 2 aromatic rings. The van der Waals surface area contributed by atoms with Gasteiger partial charge in [0.15, 0.2) is 0 Å². The number of halogens is 1. The molecule has 1 aromatic heterocycles. The second-order valence-corrected chi connectivity index (χ2v) is 4.45. The number of amides is 2. The second kappa shape index (κ2) is 6.16. The average molecular weight is 290 g/mol. The molecule has 0 atom stereocenters. The topological polar surface area (TPSA) is 71.1 Å². The van der Waals surface area contributed by atoms with Crippen LogP contribution < -0.4 is 10.6 Å². The Kier molecular flexibility index (Phi) is 4.32. The van der Waals surface area contributed by atoms with Gasteiger partial charge in [-0.25, -0.2) is 0 Å². The lowest BCUT2D eigenvalue weighted by atomic mass is 10.2. The molecule has 2 N–H and O–H groups in total. The van der Waals surface area contributed by atoms with Gasteiger partial charge in [0, 0.05) is 18.8 Å². The van der Waals surface area contributed by atoms with E-state index >= 15 is 0 Å². The smallest absolute Gasteiger partial charge is 0.274 e. The minimum absolute atomic E-state index is 0.236. The normalized spacial score (nSPS) is 9.90. The largest absolute Gasteiger partial charge is 0.325 e. The summed E-state index contributed by atoms with van der Waals surface area (Å²) in [4.78, 5) is 26.9. The van der Waals surface area contributed by atoms with E-state index in [-0.39, 0.29) is 11.8 Å². The Labute approximate surface area is 121 Å². The van der Waals surface area contributed by atoms with Gasteiger partial charge in [0.25, 0.3) is 5.91 Å². The number of nitrogens with zero attached hydrogens (tertiary/aromatic N) is 1. The summed E-state index contributed by atoms with van der Waals surface area (Å²) in [7, 11) is 0. The van der Waals surface area contributed by atoms with E-state index in [0.717, 1.165) is 0 Å². The maximum absolute atomic E-state index is 11.9. The number of anilines is 2. The molecule has 0 saturated carbocycles. The van der Waals surface area contributed by atoms with Crippen LogP contribution in [-0.4, -0.2) is 16.8 Å². The van der Waals surface area contributed by atoms with Crippen LogP contribution in [0.5, 0.6) is 0 Å². The van der Waals surface area contributed by atoms with Gasteiger partial charge >= 0.3 is 0 Å². The average Bonchev–Trinajstić information content (AvgIpc) is 2.43. The molecule has 0 aliphatic rings. The molecule has 6 heteroatoms. The zero-order valence-electron chi connectivity index (χ0n) is 10.7. The van der Waals surface area contributed by atoms with Crippen LogP contribution in [0.25, 0.3) is 0 Å². The zero-order valence-corrected chi connectivity index (χ0v) is 11.4. The number of hydrogen-bond donors (Lipinski definition) is 2. The number of carbonyl (C=O) groups excluding carboxylic acids is 2. The van der Waals surface area contributed by atoms with Gasteiger partial charge < -0.3 is 10.6 Å². The summed E-state index contributed by atoms with van der Waals surface area (Å²) in [6.45, 7) is 1.38. The van der Waals surface area contributed by atoms with Crippen LogP contribution in [0.4, 0.5) is 11.4 Å². The van der Waals surface area contributed by atoms with E-state index in [1.807, 2.05) is 0 Å².